The fourth-order valence-corrected chi connectivity index (χ4v) is 2.46. The van der Waals surface area contributed by atoms with Gasteiger partial charge in [0.1, 0.15) is 6.04 Å². The Morgan fingerprint density at radius 1 is 1.19 bits per heavy atom. The molecule has 2 atom stereocenters. The third-order valence-corrected chi connectivity index (χ3v) is 3.65. The van der Waals surface area contributed by atoms with Crippen LogP contribution in [0.1, 0.15) is 51.4 Å². The summed E-state index contributed by atoms with van der Waals surface area (Å²) < 4.78 is 0. The summed E-state index contributed by atoms with van der Waals surface area (Å²) in [5.74, 6) is -2.37. The van der Waals surface area contributed by atoms with Gasteiger partial charge in [-0.2, -0.15) is 0 Å². The van der Waals surface area contributed by atoms with Crippen LogP contribution >= 0.6 is 0 Å². The summed E-state index contributed by atoms with van der Waals surface area (Å²) in [6.45, 7) is 0.971. The summed E-state index contributed by atoms with van der Waals surface area (Å²) in [6, 6.07) is -0.670. The molecule has 7 heteroatoms. The Balaban J connectivity index is 2.27. The highest BCUT2D eigenvalue weighted by molar-refractivity contribution is 5.83. The highest BCUT2D eigenvalue weighted by atomic mass is 16.4. The Morgan fingerprint density at radius 2 is 1.95 bits per heavy atom. The quantitative estimate of drug-likeness (QED) is 0.499. The molecule has 1 amide bonds. The molecular formula is C14H24N2O5. The van der Waals surface area contributed by atoms with Crippen molar-refractivity contribution in [1.29, 1.82) is 0 Å². The van der Waals surface area contributed by atoms with Crippen LogP contribution < -0.4 is 10.6 Å². The van der Waals surface area contributed by atoms with Gasteiger partial charge >= 0.3 is 11.9 Å². The zero-order valence-corrected chi connectivity index (χ0v) is 12.1. The Labute approximate surface area is 124 Å². The van der Waals surface area contributed by atoms with Crippen molar-refractivity contribution in [2.24, 2.45) is 0 Å². The number of hydrogen-bond donors (Lipinski definition) is 4. The van der Waals surface area contributed by atoms with E-state index in [0.29, 0.717) is 18.9 Å². The lowest BCUT2D eigenvalue weighted by molar-refractivity contribution is -0.142. The van der Waals surface area contributed by atoms with Crippen molar-refractivity contribution >= 4 is 17.8 Å². The van der Waals surface area contributed by atoms with Crippen molar-refractivity contribution in [3.63, 3.8) is 0 Å². The molecule has 21 heavy (non-hydrogen) atoms. The van der Waals surface area contributed by atoms with Gasteiger partial charge < -0.3 is 20.8 Å². The number of amides is 1. The van der Waals surface area contributed by atoms with Gasteiger partial charge in [-0.25, -0.2) is 4.79 Å². The molecule has 1 rings (SSSR count). The van der Waals surface area contributed by atoms with Crippen LogP contribution in [0.25, 0.3) is 0 Å². The van der Waals surface area contributed by atoms with Gasteiger partial charge in [0.05, 0.1) is 0 Å². The first kappa shape index (κ1) is 17.4. The maximum Gasteiger partial charge on any atom is 0.326 e. The molecule has 120 valence electrons. The van der Waals surface area contributed by atoms with Crippen molar-refractivity contribution in [2.45, 2.75) is 63.5 Å². The summed E-state index contributed by atoms with van der Waals surface area (Å²) in [4.78, 5) is 33.2. The molecule has 1 unspecified atom stereocenters. The molecule has 7 nitrogen and oxygen atoms in total. The number of hydrogen-bond acceptors (Lipinski definition) is 4. The van der Waals surface area contributed by atoms with Gasteiger partial charge in [0, 0.05) is 18.9 Å². The van der Waals surface area contributed by atoms with Crippen LogP contribution in [0, 0.1) is 0 Å². The van der Waals surface area contributed by atoms with Gasteiger partial charge in [-0.15, -0.1) is 0 Å². The molecule has 1 aliphatic heterocycles. The van der Waals surface area contributed by atoms with Gasteiger partial charge in [-0.05, 0) is 38.6 Å². The van der Waals surface area contributed by atoms with Crippen LogP contribution in [0.4, 0.5) is 0 Å². The van der Waals surface area contributed by atoms with E-state index < -0.39 is 18.0 Å². The third kappa shape index (κ3) is 7.65. The highest BCUT2D eigenvalue weighted by Gasteiger charge is 2.21. The molecule has 0 spiro atoms. The van der Waals surface area contributed by atoms with E-state index in [1.807, 2.05) is 0 Å². The second-order valence-corrected chi connectivity index (χ2v) is 5.43. The summed E-state index contributed by atoms with van der Waals surface area (Å²) >= 11 is 0. The number of carbonyl (C=O) groups is 3. The number of carboxylic acids is 2. The summed E-state index contributed by atoms with van der Waals surface area (Å²) in [6.07, 6.45) is 4.64. The number of carboxylic acid groups (broad SMARTS) is 2. The largest absolute Gasteiger partial charge is 0.481 e. The van der Waals surface area contributed by atoms with Crippen molar-refractivity contribution < 1.29 is 24.6 Å². The number of aliphatic carboxylic acids is 2. The molecule has 0 aromatic rings. The van der Waals surface area contributed by atoms with E-state index in [1.165, 1.54) is 0 Å². The zero-order chi connectivity index (χ0) is 15.7. The maximum absolute atomic E-state index is 11.8. The molecule has 1 fully saturated rings. The number of rotatable bonds is 9. The predicted octanol–water partition coefficient (Wildman–Crippen LogP) is 0.733. The lowest BCUT2D eigenvalue weighted by Crippen LogP contribution is -2.42. The van der Waals surface area contributed by atoms with Gasteiger partial charge in [0.25, 0.3) is 0 Å². The smallest absolute Gasteiger partial charge is 0.326 e. The predicted molar refractivity (Wildman–Crippen MR) is 75.9 cm³/mol. The summed E-state index contributed by atoms with van der Waals surface area (Å²) in [5, 5.41) is 23.4. The molecule has 0 bridgehead atoms. The first-order valence-electron chi connectivity index (χ1n) is 7.46. The van der Waals surface area contributed by atoms with Crippen LogP contribution in [-0.4, -0.2) is 46.7 Å². The average molecular weight is 300 g/mol. The standard InChI is InChI=1S/C14H24N2O5/c17-12(8-7-10-4-1-2-9-15-10)16-11(14(20)21)5-3-6-13(18)19/h10-11,15H,1-9H2,(H,16,17)(H,18,19)(H,20,21)/t10?,11-/m1/s1. The Morgan fingerprint density at radius 3 is 2.52 bits per heavy atom. The minimum Gasteiger partial charge on any atom is -0.481 e. The molecule has 0 aromatic heterocycles. The van der Waals surface area contributed by atoms with Crippen molar-refractivity contribution in [3.8, 4) is 0 Å². The van der Waals surface area contributed by atoms with E-state index in [1.54, 1.807) is 0 Å². The molecule has 0 aromatic carbocycles. The first-order chi connectivity index (χ1) is 9.99. The molecule has 4 N–H and O–H groups in total. The number of piperidine rings is 1. The molecule has 1 aliphatic rings. The molecule has 1 heterocycles. The minimum absolute atomic E-state index is 0.0916. The zero-order valence-electron chi connectivity index (χ0n) is 12.1. The average Bonchev–Trinajstić information content (AvgIpc) is 2.44. The van der Waals surface area contributed by atoms with E-state index in [0.717, 1.165) is 25.8 Å². The van der Waals surface area contributed by atoms with E-state index in [-0.39, 0.29) is 25.2 Å². The molecule has 0 aliphatic carbocycles. The second-order valence-electron chi connectivity index (χ2n) is 5.43. The molecule has 0 saturated carbocycles. The van der Waals surface area contributed by atoms with E-state index in [9.17, 15) is 14.4 Å². The van der Waals surface area contributed by atoms with Crippen LogP contribution in [0.3, 0.4) is 0 Å². The normalized spacial score (nSPS) is 19.7. The molecule has 1 saturated heterocycles. The highest BCUT2D eigenvalue weighted by Crippen LogP contribution is 2.12. The van der Waals surface area contributed by atoms with E-state index >= 15 is 0 Å². The monoisotopic (exact) mass is 300 g/mol. The SMILES string of the molecule is O=C(O)CCC[C@@H](NC(=O)CCC1CCCCN1)C(=O)O. The van der Waals surface area contributed by atoms with E-state index in [2.05, 4.69) is 10.6 Å². The third-order valence-electron chi connectivity index (χ3n) is 3.65. The fraction of sp³-hybridized carbons (Fsp3) is 0.786. The lowest BCUT2D eigenvalue weighted by atomic mass is 10.0. The van der Waals surface area contributed by atoms with Gasteiger partial charge in [-0.1, -0.05) is 6.42 Å². The Hall–Kier alpha value is -1.63. The van der Waals surface area contributed by atoms with E-state index in [4.69, 9.17) is 10.2 Å². The summed E-state index contributed by atoms with van der Waals surface area (Å²) in [7, 11) is 0. The Kier molecular flexibility index (Phi) is 7.74. The van der Waals surface area contributed by atoms with Crippen molar-refractivity contribution in [3.05, 3.63) is 0 Å². The second kappa shape index (κ2) is 9.33. The topological polar surface area (TPSA) is 116 Å². The van der Waals surface area contributed by atoms with Crippen LogP contribution in [0.15, 0.2) is 0 Å². The van der Waals surface area contributed by atoms with Crippen LogP contribution in [-0.2, 0) is 14.4 Å². The maximum atomic E-state index is 11.8. The van der Waals surface area contributed by atoms with Gasteiger partial charge in [-0.3, -0.25) is 9.59 Å². The van der Waals surface area contributed by atoms with Gasteiger partial charge in [0.15, 0.2) is 0 Å². The van der Waals surface area contributed by atoms with Crippen LogP contribution in [0.5, 0.6) is 0 Å². The fourth-order valence-electron chi connectivity index (χ4n) is 2.46. The lowest BCUT2D eigenvalue weighted by Gasteiger charge is -2.23. The molecule has 0 radical (unpaired) electrons. The van der Waals surface area contributed by atoms with Gasteiger partial charge in [0.2, 0.25) is 5.91 Å². The minimum atomic E-state index is -1.12. The molecular weight excluding hydrogens is 276 g/mol. The first-order valence-corrected chi connectivity index (χ1v) is 7.46. The Bertz CT molecular complexity index is 366. The number of carbonyl (C=O) groups excluding carboxylic acids is 1. The summed E-state index contributed by atoms with van der Waals surface area (Å²) in [5.41, 5.74) is 0. The van der Waals surface area contributed by atoms with Crippen molar-refractivity contribution in [2.75, 3.05) is 6.54 Å². The van der Waals surface area contributed by atoms with Crippen LogP contribution in [0.2, 0.25) is 0 Å². The van der Waals surface area contributed by atoms with Crippen molar-refractivity contribution in [1.82, 2.24) is 10.6 Å². The number of nitrogens with one attached hydrogen (secondary N) is 2.